The van der Waals surface area contributed by atoms with Crippen molar-refractivity contribution >= 4 is 11.4 Å². The second-order valence-corrected chi connectivity index (χ2v) is 4.35. The number of anilines is 1. The Labute approximate surface area is 124 Å². The molecule has 1 aliphatic rings. The minimum absolute atomic E-state index is 0. The number of nitrogens with zero attached hydrogens (tertiary/aromatic N) is 2. The summed E-state index contributed by atoms with van der Waals surface area (Å²) in [5.41, 5.74) is 0.507. The molecular formula is C12H13F3FeN2O2. The van der Waals surface area contributed by atoms with Crippen LogP contribution in [0.1, 0.15) is 6.92 Å². The number of aliphatic hydroxyl groups is 2. The van der Waals surface area contributed by atoms with Crippen molar-refractivity contribution in [2.75, 3.05) is 5.01 Å². The Morgan fingerprint density at radius 3 is 2.30 bits per heavy atom. The number of alkyl halides is 3. The molecule has 2 N–H and O–H groups in total. The number of hydrogen-bond acceptors (Lipinski definition) is 4. The van der Waals surface area contributed by atoms with E-state index in [9.17, 15) is 23.4 Å². The van der Waals surface area contributed by atoms with Crippen LogP contribution in [0, 0.1) is 5.92 Å². The van der Waals surface area contributed by atoms with Crippen LogP contribution in [0.15, 0.2) is 35.4 Å². The first kappa shape index (κ1) is 17.0. The molecule has 0 aromatic heterocycles. The van der Waals surface area contributed by atoms with Crippen molar-refractivity contribution in [1.29, 1.82) is 0 Å². The van der Waals surface area contributed by atoms with Crippen molar-refractivity contribution in [3.05, 3.63) is 30.3 Å². The van der Waals surface area contributed by atoms with Gasteiger partial charge in [-0.2, -0.15) is 18.3 Å². The summed E-state index contributed by atoms with van der Waals surface area (Å²) in [4.78, 5) is 0. The first-order valence-electron chi connectivity index (χ1n) is 5.64. The van der Waals surface area contributed by atoms with E-state index in [0.29, 0.717) is 5.69 Å². The van der Waals surface area contributed by atoms with E-state index in [1.165, 1.54) is 6.92 Å². The van der Waals surface area contributed by atoms with Crippen LogP contribution in [0.3, 0.4) is 0 Å². The standard InChI is InChI=1S/C12H13F3N2O2.Fe/c1-7-9(10(18)12(13,14)15)11(19)17(16-7)8-5-3-2-4-6-8;/h2-6,9-11,18-19H,1H3;. The molecule has 112 valence electrons. The number of benzene rings is 1. The van der Waals surface area contributed by atoms with Crippen molar-refractivity contribution in [3.63, 3.8) is 0 Å². The molecule has 1 aromatic rings. The van der Waals surface area contributed by atoms with Gasteiger partial charge < -0.3 is 10.2 Å². The summed E-state index contributed by atoms with van der Waals surface area (Å²) < 4.78 is 37.6. The maximum Gasteiger partial charge on any atom is 0.415 e. The van der Waals surface area contributed by atoms with Crippen LogP contribution in [0.25, 0.3) is 0 Å². The van der Waals surface area contributed by atoms with Gasteiger partial charge >= 0.3 is 6.18 Å². The third kappa shape index (κ3) is 3.15. The van der Waals surface area contributed by atoms with Crippen LogP contribution in [0.5, 0.6) is 0 Å². The largest absolute Gasteiger partial charge is 0.415 e. The van der Waals surface area contributed by atoms with Crippen molar-refractivity contribution in [2.24, 2.45) is 11.0 Å². The third-order valence-corrected chi connectivity index (χ3v) is 3.02. The molecule has 0 amide bonds. The van der Waals surface area contributed by atoms with Gasteiger partial charge in [0.25, 0.3) is 0 Å². The van der Waals surface area contributed by atoms with E-state index in [1.54, 1.807) is 30.3 Å². The first-order valence-corrected chi connectivity index (χ1v) is 5.64. The summed E-state index contributed by atoms with van der Waals surface area (Å²) in [6, 6.07) is 8.33. The zero-order valence-corrected chi connectivity index (χ0v) is 11.5. The fourth-order valence-electron chi connectivity index (χ4n) is 2.05. The Morgan fingerprint density at radius 2 is 1.80 bits per heavy atom. The van der Waals surface area contributed by atoms with Crippen LogP contribution >= 0.6 is 0 Å². The van der Waals surface area contributed by atoms with E-state index in [-0.39, 0.29) is 22.8 Å². The molecule has 0 radical (unpaired) electrons. The van der Waals surface area contributed by atoms with Gasteiger partial charge in [0, 0.05) is 22.8 Å². The molecule has 8 heteroatoms. The van der Waals surface area contributed by atoms with Crippen LogP contribution < -0.4 is 5.01 Å². The number of rotatable bonds is 2. The average molecular weight is 330 g/mol. The van der Waals surface area contributed by atoms with Crippen molar-refractivity contribution < 1.29 is 40.5 Å². The monoisotopic (exact) mass is 330 g/mol. The molecule has 1 aliphatic heterocycles. The van der Waals surface area contributed by atoms with Gasteiger partial charge in [0.15, 0.2) is 12.3 Å². The summed E-state index contributed by atoms with van der Waals surface area (Å²) in [6.45, 7) is 1.35. The Kier molecular flexibility index (Phi) is 5.21. The van der Waals surface area contributed by atoms with Crippen LogP contribution in [-0.2, 0) is 17.1 Å². The summed E-state index contributed by atoms with van der Waals surface area (Å²) in [6.07, 6.45) is -8.98. The molecule has 1 aromatic carbocycles. The molecule has 0 aliphatic carbocycles. The molecule has 1 heterocycles. The molecular weight excluding hydrogens is 317 g/mol. The first-order chi connectivity index (χ1) is 8.82. The fourth-order valence-corrected chi connectivity index (χ4v) is 2.05. The fraction of sp³-hybridized carbons (Fsp3) is 0.417. The third-order valence-electron chi connectivity index (χ3n) is 3.02. The second kappa shape index (κ2) is 6.13. The molecule has 20 heavy (non-hydrogen) atoms. The quantitative estimate of drug-likeness (QED) is 0.812. The second-order valence-electron chi connectivity index (χ2n) is 4.35. The van der Waals surface area contributed by atoms with E-state index >= 15 is 0 Å². The summed E-state index contributed by atoms with van der Waals surface area (Å²) in [5, 5.41) is 24.2. The minimum Gasteiger partial charge on any atom is -0.383 e. The zero-order valence-electron chi connectivity index (χ0n) is 10.4. The van der Waals surface area contributed by atoms with Crippen molar-refractivity contribution in [3.8, 4) is 0 Å². The van der Waals surface area contributed by atoms with E-state index in [0.717, 1.165) is 5.01 Å². The van der Waals surface area contributed by atoms with Crippen molar-refractivity contribution in [2.45, 2.75) is 25.4 Å². The van der Waals surface area contributed by atoms with Crippen LogP contribution in [-0.4, -0.2) is 34.4 Å². The normalized spacial score (nSPS) is 24.1. The van der Waals surface area contributed by atoms with Crippen LogP contribution in [0.4, 0.5) is 18.9 Å². The predicted octanol–water partition coefficient (Wildman–Crippen LogP) is 1.74. The number of para-hydroxylation sites is 1. The summed E-state index contributed by atoms with van der Waals surface area (Å²) >= 11 is 0. The maximum atomic E-state index is 12.5. The molecule has 3 unspecified atom stereocenters. The molecule has 0 saturated carbocycles. The molecule has 0 spiro atoms. The Balaban J connectivity index is 0.00000200. The van der Waals surface area contributed by atoms with Crippen molar-refractivity contribution in [1.82, 2.24) is 0 Å². The van der Waals surface area contributed by atoms with Gasteiger partial charge in [-0.25, -0.2) is 5.01 Å². The van der Waals surface area contributed by atoms with Gasteiger partial charge in [-0.1, -0.05) is 18.2 Å². The molecule has 3 atom stereocenters. The Bertz CT molecular complexity index is 481. The van der Waals surface area contributed by atoms with Gasteiger partial charge in [-0.3, -0.25) is 0 Å². The molecule has 0 bridgehead atoms. The smallest absolute Gasteiger partial charge is 0.383 e. The summed E-state index contributed by atoms with van der Waals surface area (Å²) in [7, 11) is 0. The van der Waals surface area contributed by atoms with E-state index < -0.39 is 24.4 Å². The van der Waals surface area contributed by atoms with Gasteiger partial charge in [0.05, 0.1) is 11.6 Å². The maximum absolute atomic E-state index is 12.5. The minimum atomic E-state index is -4.80. The number of hydrazone groups is 1. The average Bonchev–Trinajstić information content (AvgIpc) is 2.64. The topological polar surface area (TPSA) is 56.1 Å². The van der Waals surface area contributed by atoms with E-state index in [2.05, 4.69) is 5.10 Å². The molecule has 2 rings (SSSR count). The van der Waals surface area contributed by atoms with Gasteiger partial charge in [-0.05, 0) is 19.1 Å². The number of halogens is 3. The van der Waals surface area contributed by atoms with Crippen LogP contribution in [0.2, 0.25) is 0 Å². The molecule has 0 saturated heterocycles. The molecule has 0 fully saturated rings. The number of aliphatic hydroxyl groups excluding tert-OH is 2. The number of hydrogen-bond donors (Lipinski definition) is 2. The summed E-state index contributed by atoms with van der Waals surface area (Å²) in [5.74, 6) is -1.49. The Hall–Kier alpha value is -1.08. The van der Waals surface area contributed by atoms with Gasteiger partial charge in [0.1, 0.15) is 0 Å². The van der Waals surface area contributed by atoms with Gasteiger partial charge in [0.2, 0.25) is 0 Å². The predicted molar refractivity (Wildman–Crippen MR) is 63.6 cm³/mol. The van der Waals surface area contributed by atoms with Gasteiger partial charge in [-0.15, -0.1) is 0 Å². The SMILES string of the molecule is CC1=NN(c2ccccc2)C(O)C1C(O)C(F)(F)F.[Fe]. The van der Waals surface area contributed by atoms with E-state index in [4.69, 9.17) is 0 Å². The molecule has 4 nitrogen and oxygen atoms in total. The van der Waals surface area contributed by atoms with E-state index in [1.807, 2.05) is 0 Å². The zero-order chi connectivity index (χ0) is 14.2. The Morgan fingerprint density at radius 1 is 1.25 bits per heavy atom.